The van der Waals surface area contributed by atoms with Crippen molar-refractivity contribution in [3.8, 4) is 45.3 Å². The van der Waals surface area contributed by atoms with E-state index in [1.807, 2.05) is 0 Å². The van der Waals surface area contributed by atoms with Crippen molar-refractivity contribution in [1.82, 2.24) is 0 Å². The molecule has 5 nitrogen and oxygen atoms in total. The summed E-state index contributed by atoms with van der Waals surface area (Å²) in [4.78, 5) is 23.6. The Morgan fingerprint density at radius 1 is 0.558 bits per heavy atom. The molecule has 0 N–H and O–H groups in total. The maximum absolute atomic E-state index is 13.1. The molecule has 0 radical (unpaired) electrons. The van der Waals surface area contributed by atoms with Gasteiger partial charge in [-0.25, -0.2) is 9.59 Å². The number of hydrogen-bond donors (Lipinski definition) is 0. The van der Waals surface area contributed by atoms with Gasteiger partial charge in [0.25, 0.3) is 0 Å². The van der Waals surface area contributed by atoms with Crippen LogP contribution in [-0.4, -0.2) is 24.3 Å². The lowest BCUT2D eigenvalue weighted by molar-refractivity contribution is -0.189. The molecule has 43 heavy (non-hydrogen) atoms. The Balaban J connectivity index is 1.85. The Hall–Kier alpha value is -4.22. The highest BCUT2D eigenvalue weighted by molar-refractivity contribution is 6.35. The minimum Gasteiger partial charge on any atom is -0.454 e. The van der Waals surface area contributed by atoms with Crippen molar-refractivity contribution in [2.45, 2.75) is 26.2 Å². The Bertz CT molecular complexity index is 1590. The average Bonchev–Trinajstić information content (AvgIpc) is 2.93. The second-order valence-electron chi connectivity index (χ2n) is 9.02. The number of carbonyl (C=O) groups excluding carboxylic acids is 2. The normalized spacial score (nSPS) is 11.7. The summed E-state index contributed by atoms with van der Waals surface area (Å²) in [6.45, 7) is 3.34. The smallest absolute Gasteiger partial charge is 0.454 e. The van der Waals surface area contributed by atoms with Crippen LogP contribution >= 0.6 is 23.2 Å². The van der Waals surface area contributed by atoms with Crippen LogP contribution in [0.2, 0.25) is 10.0 Å². The third-order valence-corrected chi connectivity index (χ3v) is 6.78. The molecule has 0 atom stereocenters. The predicted molar refractivity (Wildman–Crippen MR) is 147 cm³/mol. The first-order valence-corrected chi connectivity index (χ1v) is 12.9. The summed E-state index contributed by atoms with van der Waals surface area (Å²) in [5, 5.41) is -1.16. The highest BCUT2D eigenvalue weighted by Gasteiger charge is 2.43. The molecule has 0 saturated carbocycles. The van der Waals surface area contributed by atoms with Crippen molar-refractivity contribution in [2.75, 3.05) is 0 Å². The lowest BCUT2D eigenvalue weighted by atomic mass is 9.99. The van der Waals surface area contributed by atoms with E-state index in [0.29, 0.717) is 22.3 Å². The fourth-order valence-electron chi connectivity index (χ4n) is 4.03. The summed E-state index contributed by atoms with van der Waals surface area (Å²) in [7, 11) is 0. The highest BCUT2D eigenvalue weighted by Crippen LogP contribution is 2.49. The fraction of sp³-hybridized carbons (Fsp3) is 0.133. The van der Waals surface area contributed by atoms with Gasteiger partial charge in [-0.05, 0) is 60.4 Å². The van der Waals surface area contributed by atoms with E-state index < -0.39 is 45.8 Å². The van der Waals surface area contributed by atoms with Crippen molar-refractivity contribution in [2.24, 2.45) is 0 Å². The third-order valence-electron chi connectivity index (χ3n) is 6.07. The molecule has 4 rings (SSSR count). The molecule has 13 heteroatoms. The maximum atomic E-state index is 13.1. The van der Waals surface area contributed by atoms with Crippen molar-refractivity contribution in [3.63, 3.8) is 0 Å². The maximum Gasteiger partial charge on any atom is 0.491 e. The molecule has 4 aromatic carbocycles. The van der Waals surface area contributed by atoms with E-state index in [9.17, 15) is 35.9 Å². The SMILES string of the molecule is Cc1ccccc1-c1ccc(Oc2ccc(-c3ccccc3C)c(OC(=O)C(F)(F)F)c2Cl)c(Cl)c1OC(=O)C(F)(F)F. The lowest BCUT2D eigenvalue weighted by Crippen LogP contribution is -2.28. The average molecular weight is 643 g/mol. The number of carbonyl (C=O) groups is 2. The first-order valence-electron chi connectivity index (χ1n) is 12.1. The van der Waals surface area contributed by atoms with E-state index in [4.69, 9.17) is 27.9 Å². The lowest BCUT2D eigenvalue weighted by Gasteiger charge is -2.19. The van der Waals surface area contributed by atoms with Crippen molar-refractivity contribution in [1.29, 1.82) is 0 Å². The molecular formula is C30H18Cl2F6O5. The zero-order chi connectivity index (χ0) is 31.7. The zero-order valence-electron chi connectivity index (χ0n) is 22.0. The summed E-state index contributed by atoms with van der Waals surface area (Å²) in [5.41, 5.74) is 2.05. The topological polar surface area (TPSA) is 61.8 Å². The largest absolute Gasteiger partial charge is 0.491 e. The molecular weight excluding hydrogens is 625 g/mol. The molecule has 0 amide bonds. The summed E-state index contributed by atoms with van der Waals surface area (Å²) in [6, 6.07) is 18.1. The zero-order valence-corrected chi connectivity index (χ0v) is 23.5. The number of alkyl halides is 6. The van der Waals surface area contributed by atoms with Crippen LogP contribution in [0.5, 0.6) is 23.0 Å². The second kappa shape index (κ2) is 12.2. The molecule has 0 saturated heterocycles. The fourth-order valence-corrected chi connectivity index (χ4v) is 4.51. The van der Waals surface area contributed by atoms with Gasteiger partial charge in [-0.2, -0.15) is 26.3 Å². The van der Waals surface area contributed by atoms with Gasteiger partial charge in [0.1, 0.15) is 21.5 Å². The Labute approximate surface area is 250 Å². The van der Waals surface area contributed by atoms with E-state index in [1.165, 1.54) is 24.3 Å². The second-order valence-corrected chi connectivity index (χ2v) is 9.77. The number of esters is 2. The standard InChI is InChI=1S/C30H18Cl2F6O5/c1-15-7-3-5-9-17(15)19-11-13-21(23(31)25(19)42-27(39)29(33,34)35)41-22-14-12-20(18-10-6-4-8-16(18)2)26(24(22)32)43-28(40)30(36,37)38/h3-14H,1-2H3. The Morgan fingerprint density at radius 3 is 1.23 bits per heavy atom. The van der Waals surface area contributed by atoms with Gasteiger partial charge >= 0.3 is 24.3 Å². The van der Waals surface area contributed by atoms with Crippen LogP contribution in [0.15, 0.2) is 72.8 Å². The van der Waals surface area contributed by atoms with Gasteiger partial charge in [0.15, 0.2) is 11.5 Å². The number of rotatable bonds is 6. The Morgan fingerprint density at radius 2 is 0.907 bits per heavy atom. The van der Waals surface area contributed by atoms with Crippen LogP contribution < -0.4 is 14.2 Å². The van der Waals surface area contributed by atoms with E-state index in [1.54, 1.807) is 62.4 Å². The molecule has 0 aliphatic carbocycles. The summed E-state index contributed by atoms with van der Waals surface area (Å²) in [5.74, 6) is -7.23. The van der Waals surface area contributed by atoms with Crippen molar-refractivity contribution in [3.05, 3.63) is 94.0 Å². The molecule has 0 aromatic heterocycles. The van der Waals surface area contributed by atoms with Gasteiger partial charge in [-0.15, -0.1) is 0 Å². The van der Waals surface area contributed by atoms with Gasteiger partial charge in [-0.3, -0.25) is 0 Å². The van der Waals surface area contributed by atoms with Gasteiger partial charge in [0.2, 0.25) is 0 Å². The predicted octanol–water partition coefficient (Wildman–Crippen LogP) is 9.67. The molecule has 0 heterocycles. The molecule has 0 aliphatic heterocycles. The van der Waals surface area contributed by atoms with E-state index >= 15 is 0 Å². The number of halogens is 8. The van der Waals surface area contributed by atoms with Crippen molar-refractivity contribution < 1.29 is 50.1 Å². The quantitative estimate of drug-likeness (QED) is 0.119. The summed E-state index contributed by atoms with van der Waals surface area (Å²) < 4.78 is 93.8. The number of hydrogen-bond acceptors (Lipinski definition) is 5. The molecule has 0 aliphatic rings. The molecule has 0 unspecified atom stereocenters. The van der Waals surface area contributed by atoms with E-state index in [2.05, 4.69) is 9.47 Å². The van der Waals surface area contributed by atoms with Gasteiger partial charge in [0, 0.05) is 11.1 Å². The van der Waals surface area contributed by atoms with Crippen LogP contribution in [0.25, 0.3) is 22.3 Å². The number of ether oxygens (including phenoxy) is 3. The van der Waals surface area contributed by atoms with Crippen LogP contribution in [0.1, 0.15) is 11.1 Å². The number of aryl methyl sites for hydroxylation is 2. The van der Waals surface area contributed by atoms with E-state index in [-0.39, 0.29) is 22.6 Å². The Kier molecular flexibility index (Phi) is 8.98. The van der Waals surface area contributed by atoms with E-state index in [0.717, 1.165) is 0 Å². The first-order chi connectivity index (χ1) is 20.1. The molecule has 4 aromatic rings. The van der Waals surface area contributed by atoms with Gasteiger partial charge in [-0.1, -0.05) is 71.7 Å². The molecule has 224 valence electrons. The monoisotopic (exact) mass is 642 g/mol. The van der Waals surface area contributed by atoms with Gasteiger partial charge in [0.05, 0.1) is 0 Å². The summed E-state index contributed by atoms with van der Waals surface area (Å²) in [6.07, 6.45) is -10.7. The molecule has 0 bridgehead atoms. The minimum absolute atomic E-state index is 0.0221. The van der Waals surface area contributed by atoms with Crippen LogP contribution in [0, 0.1) is 13.8 Å². The third kappa shape index (κ3) is 6.89. The van der Waals surface area contributed by atoms with Gasteiger partial charge < -0.3 is 14.2 Å². The van der Waals surface area contributed by atoms with Crippen LogP contribution in [-0.2, 0) is 9.59 Å². The van der Waals surface area contributed by atoms with Crippen LogP contribution in [0.4, 0.5) is 26.3 Å². The summed E-state index contributed by atoms with van der Waals surface area (Å²) >= 11 is 12.8. The molecule has 0 spiro atoms. The number of benzene rings is 4. The van der Waals surface area contributed by atoms with Crippen molar-refractivity contribution >= 4 is 35.1 Å². The minimum atomic E-state index is -5.37. The highest BCUT2D eigenvalue weighted by atomic mass is 35.5. The first kappa shape index (κ1) is 31.7. The van der Waals surface area contributed by atoms with Crippen LogP contribution in [0.3, 0.4) is 0 Å². The molecule has 0 fully saturated rings.